The highest BCUT2D eigenvalue weighted by atomic mass is 16.5. The molecule has 2 aromatic carbocycles. The fourth-order valence-corrected chi connectivity index (χ4v) is 5.13. The molecule has 2 aliphatic carbocycles. The predicted octanol–water partition coefficient (Wildman–Crippen LogP) is 2.91. The largest absolute Gasteiger partial charge is 0.481 e. The minimum atomic E-state index is -1.13. The zero-order valence-corrected chi connectivity index (χ0v) is 18.8. The molecule has 3 aliphatic rings. The van der Waals surface area contributed by atoms with E-state index in [0.717, 1.165) is 22.3 Å². The highest BCUT2D eigenvalue weighted by Crippen LogP contribution is 2.44. The summed E-state index contributed by atoms with van der Waals surface area (Å²) in [6.45, 7) is 1.14. The molecule has 178 valence electrons. The third-order valence-electron chi connectivity index (χ3n) is 7.23. The predicted molar refractivity (Wildman–Crippen MR) is 123 cm³/mol. The van der Waals surface area contributed by atoms with Crippen LogP contribution < -0.4 is 10.6 Å². The van der Waals surface area contributed by atoms with E-state index in [1.165, 1.54) is 0 Å². The van der Waals surface area contributed by atoms with Gasteiger partial charge in [-0.25, -0.2) is 4.79 Å². The number of rotatable bonds is 7. The van der Waals surface area contributed by atoms with Crippen molar-refractivity contribution in [3.8, 4) is 11.1 Å². The lowest BCUT2D eigenvalue weighted by Crippen LogP contribution is -2.61. The van der Waals surface area contributed by atoms with Crippen molar-refractivity contribution < 1.29 is 29.0 Å². The topological polar surface area (TPSA) is 114 Å². The molecule has 2 aromatic rings. The van der Waals surface area contributed by atoms with Gasteiger partial charge >= 0.3 is 12.1 Å². The van der Waals surface area contributed by atoms with Crippen LogP contribution in [0.1, 0.15) is 36.3 Å². The van der Waals surface area contributed by atoms with Gasteiger partial charge in [0.15, 0.2) is 0 Å². The molecular formula is C26H28N2O6. The molecule has 0 unspecified atom stereocenters. The van der Waals surface area contributed by atoms with E-state index in [1.807, 2.05) is 24.3 Å². The number of hydrogen-bond acceptors (Lipinski definition) is 5. The number of carboxylic acid groups (broad SMARTS) is 1. The van der Waals surface area contributed by atoms with Crippen LogP contribution >= 0.6 is 0 Å². The summed E-state index contributed by atoms with van der Waals surface area (Å²) < 4.78 is 11.1. The van der Waals surface area contributed by atoms with E-state index in [2.05, 4.69) is 34.9 Å². The quantitative estimate of drug-likeness (QED) is 0.581. The second kappa shape index (κ2) is 9.10. The van der Waals surface area contributed by atoms with Crippen LogP contribution in [0.4, 0.5) is 4.79 Å². The van der Waals surface area contributed by atoms with Gasteiger partial charge in [-0.1, -0.05) is 48.5 Å². The number of aliphatic carboxylic acids is 1. The number of ether oxygens (including phenoxy) is 2. The van der Waals surface area contributed by atoms with Gasteiger partial charge in [0.25, 0.3) is 0 Å². The fraction of sp³-hybridized carbons (Fsp3) is 0.423. The molecule has 2 atom stereocenters. The Hall–Kier alpha value is -3.39. The van der Waals surface area contributed by atoms with Crippen molar-refractivity contribution in [1.82, 2.24) is 10.6 Å². The Morgan fingerprint density at radius 1 is 1.00 bits per heavy atom. The number of carbonyl (C=O) groups is 3. The lowest BCUT2D eigenvalue weighted by atomic mass is 9.89. The van der Waals surface area contributed by atoms with Gasteiger partial charge in [0, 0.05) is 38.5 Å². The zero-order valence-electron chi connectivity index (χ0n) is 18.8. The standard InChI is InChI=1S/C26H28N2O6/c29-23(30)21-13-16(21)14-27-24(31)26(9-11-33-12-10-26)28-25(32)34-15-22-19-7-3-1-5-17(19)18-6-2-4-8-20(18)22/h1-8,16,21-22H,9-15H2,(H,27,31)(H,28,32)(H,29,30)/t16-,21-/m0/s1. The number of carboxylic acids is 1. The summed E-state index contributed by atoms with van der Waals surface area (Å²) >= 11 is 0. The number of hydrogen-bond donors (Lipinski definition) is 3. The fourth-order valence-electron chi connectivity index (χ4n) is 5.13. The van der Waals surface area contributed by atoms with Crippen molar-refractivity contribution in [2.24, 2.45) is 11.8 Å². The van der Waals surface area contributed by atoms with Gasteiger partial charge in [-0.05, 0) is 34.6 Å². The molecule has 5 rings (SSSR count). The number of benzene rings is 2. The van der Waals surface area contributed by atoms with Gasteiger partial charge in [0.2, 0.25) is 5.91 Å². The Balaban J connectivity index is 1.23. The Kier molecular flexibility index (Phi) is 6.00. The van der Waals surface area contributed by atoms with Gasteiger partial charge in [-0.3, -0.25) is 9.59 Å². The van der Waals surface area contributed by atoms with Crippen molar-refractivity contribution in [3.05, 3.63) is 59.7 Å². The average molecular weight is 465 g/mol. The van der Waals surface area contributed by atoms with E-state index in [-0.39, 0.29) is 30.9 Å². The average Bonchev–Trinajstić information content (AvgIpc) is 3.57. The minimum Gasteiger partial charge on any atom is -0.481 e. The van der Waals surface area contributed by atoms with Crippen molar-refractivity contribution >= 4 is 18.0 Å². The monoisotopic (exact) mass is 464 g/mol. The summed E-state index contributed by atoms with van der Waals surface area (Å²) in [6, 6.07) is 16.2. The van der Waals surface area contributed by atoms with E-state index in [1.54, 1.807) is 0 Å². The number of amides is 2. The van der Waals surface area contributed by atoms with Crippen molar-refractivity contribution in [1.29, 1.82) is 0 Å². The second-order valence-corrected chi connectivity index (χ2v) is 9.30. The molecular weight excluding hydrogens is 436 g/mol. The molecule has 2 fully saturated rings. The molecule has 1 heterocycles. The first-order chi connectivity index (χ1) is 16.5. The Morgan fingerprint density at radius 2 is 1.62 bits per heavy atom. The minimum absolute atomic E-state index is 0.0622. The first-order valence-electron chi connectivity index (χ1n) is 11.7. The maximum atomic E-state index is 13.1. The third kappa shape index (κ3) is 4.25. The van der Waals surface area contributed by atoms with Crippen molar-refractivity contribution in [2.75, 3.05) is 26.4 Å². The smallest absolute Gasteiger partial charge is 0.408 e. The van der Waals surface area contributed by atoms with Gasteiger partial charge in [-0.15, -0.1) is 0 Å². The van der Waals surface area contributed by atoms with E-state index >= 15 is 0 Å². The Morgan fingerprint density at radius 3 is 2.21 bits per heavy atom. The maximum absolute atomic E-state index is 13.1. The van der Waals surface area contributed by atoms with Crippen LogP contribution in [0.5, 0.6) is 0 Å². The number of nitrogens with one attached hydrogen (secondary N) is 2. The van der Waals surface area contributed by atoms with E-state index < -0.39 is 23.5 Å². The Labute approximate surface area is 197 Å². The molecule has 1 saturated carbocycles. The van der Waals surface area contributed by atoms with Crippen LogP contribution in [-0.2, 0) is 19.1 Å². The molecule has 8 heteroatoms. The highest BCUT2D eigenvalue weighted by Gasteiger charge is 2.46. The van der Waals surface area contributed by atoms with Gasteiger partial charge in [-0.2, -0.15) is 0 Å². The van der Waals surface area contributed by atoms with E-state index in [0.29, 0.717) is 32.5 Å². The molecule has 0 radical (unpaired) electrons. The number of fused-ring (bicyclic) bond motifs is 3. The molecule has 34 heavy (non-hydrogen) atoms. The first-order valence-corrected chi connectivity index (χ1v) is 11.7. The molecule has 2 amide bonds. The molecule has 0 spiro atoms. The molecule has 1 aliphatic heterocycles. The van der Waals surface area contributed by atoms with Crippen LogP contribution in [-0.4, -0.2) is 55.0 Å². The van der Waals surface area contributed by atoms with Crippen LogP contribution in [0.3, 0.4) is 0 Å². The normalized spacial score (nSPS) is 22.2. The van der Waals surface area contributed by atoms with Crippen LogP contribution in [0.2, 0.25) is 0 Å². The summed E-state index contributed by atoms with van der Waals surface area (Å²) in [4.78, 5) is 37.0. The van der Waals surface area contributed by atoms with Crippen molar-refractivity contribution in [3.63, 3.8) is 0 Å². The lowest BCUT2D eigenvalue weighted by Gasteiger charge is -2.36. The summed E-state index contributed by atoms with van der Waals surface area (Å²) in [7, 11) is 0. The summed E-state index contributed by atoms with van der Waals surface area (Å²) in [5.41, 5.74) is 3.40. The highest BCUT2D eigenvalue weighted by molar-refractivity contribution is 5.90. The SMILES string of the molecule is O=C(NC1(C(=O)NC[C@@H]2C[C@@H]2C(=O)O)CCOCC1)OCC1c2ccccc2-c2ccccc21. The second-order valence-electron chi connectivity index (χ2n) is 9.30. The molecule has 0 aromatic heterocycles. The summed E-state index contributed by atoms with van der Waals surface area (Å²) in [5.74, 6) is -1.69. The van der Waals surface area contributed by atoms with E-state index in [9.17, 15) is 14.4 Å². The van der Waals surface area contributed by atoms with Gasteiger partial charge in [0.1, 0.15) is 12.1 Å². The third-order valence-corrected chi connectivity index (χ3v) is 7.23. The molecule has 3 N–H and O–H groups in total. The maximum Gasteiger partial charge on any atom is 0.408 e. The number of carbonyl (C=O) groups excluding carboxylic acids is 2. The molecule has 8 nitrogen and oxygen atoms in total. The van der Waals surface area contributed by atoms with Crippen LogP contribution in [0.15, 0.2) is 48.5 Å². The van der Waals surface area contributed by atoms with E-state index in [4.69, 9.17) is 14.6 Å². The lowest BCUT2D eigenvalue weighted by molar-refractivity contribution is -0.139. The summed E-state index contributed by atoms with van der Waals surface area (Å²) in [5, 5.41) is 14.7. The molecule has 0 bridgehead atoms. The zero-order chi connectivity index (χ0) is 23.7. The first kappa shape index (κ1) is 22.4. The molecule has 1 saturated heterocycles. The van der Waals surface area contributed by atoms with Crippen molar-refractivity contribution in [2.45, 2.75) is 30.7 Å². The van der Waals surface area contributed by atoms with Gasteiger partial charge < -0.3 is 25.2 Å². The number of alkyl carbamates (subject to hydrolysis) is 1. The van der Waals surface area contributed by atoms with Gasteiger partial charge in [0.05, 0.1) is 5.92 Å². The summed E-state index contributed by atoms with van der Waals surface area (Å²) in [6.07, 6.45) is 0.575. The van der Waals surface area contributed by atoms with Crippen LogP contribution in [0.25, 0.3) is 11.1 Å². The Bertz CT molecular complexity index is 1060. The van der Waals surface area contributed by atoms with Crippen LogP contribution in [0, 0.1) is 11.8 Å².